The molecule has 0 saturated carbocycles. The van der Waals surface area contributed by atoms with Gasteiger partial charge in [0.2, 0.25) is 11.9 Å². The molecule has 18 heavy (non-hydrogen) atoms. The molecule has 0 amide bonds. The number of nitrogens with two attached hydrogens (primary N) is 1. The third-order valence-corrected chi connectivity index (χ3v) is 3.78. The maximum absolute atomic E-state index is 5.65. The Bertz CT molecular complexity index is 384. The van der Waals surface area contributed by atoms with Crippen molar-refractivity contribution in [2.75, 3.05) is 29.2 Å². The average Bonchev–Trinajstić information content (AvgIpc) is 2.37. The van der Waals surface area contributed by atoms with E-state index in [0.717, 1.165) is 18.6 Å². The number of rotatable bonds is 5. The summed E-state index contributed by atoms with van der Waals surface area (Å²) < 4.78 is 5.38. The van der Waals surface area contributed by atoms with E-state index >= 15 is 0 Å². The molecule has 1 unspecified atom stereocenters. The fraction of sp³-hybridized carbons (Fsp3) is 0.727. The molecular formula is C11H19N5OS. The fourth-order valence-electron chi connectivity index (χ4n) is 1.73. The molecule has 2 heterocycles. The van der Waals surface area contributed by atoms with Crippen LogP contribution in [0.2, 0.25) is 0 Å². The number of nitrogen functional groups attached to an aromatic ring is 1. The third kappa shape index (κ3) is 3.90. The average molecular weight is 269 g/mol. The summed E-state index contributed by atoms with van der Waals surface area (Å²) in [6, 6.07) is 0.708. The molecule has 6 nitrogen and oxygen atoms in total. The van der Waals surface area contributed by atoms with E-state index < -0.39 is 0 Å². The maximum Gasteiger partial charge on any atom is 0.323 e. The first kappa shape index (κ1) is 13.2. The molecule has 1 aliphatic heterocycles. The number of hydrogen-bond acceptors (Lipinski definition) is 7. The van der Waals surface area contributed by atoms with Gasteiger partial charge in [0.15, 0.2) is 0 Å². The van der Waals surface area contributed by atoms with Crippen molar-refractivity contribution >= 4 is 23.7 Å². The molecule has 1 aromatic rings. The van der Waals surface area contributed by atoms with Gasteiger partial charge in [0.1, 0.15) is 0 Å². The summed E-state index contributed by atoms with van der Waals surface area (Å²) in [6.07, 6.45) is 3.28. The summed E-state index contributed by atoms with van der Waals surface area (Å²) in [4.78, 5) is 12.3. The molecule has 1 saturated heterocycles. The Morgan fingerprint density at radius 1 is 1.44 bits per heavy atom. The van der Waals surface area contributed by atoms with Crippen LogP contribution in [0.3, 0.4) is 0 Å². The predicted octanol–water partition coefficient (Wildman–Crippen LogP) is 1.55. The van der Waals surface area contributed by atoms with Gasteiger partial charge in [-0.3, -0.25) is 0 Å². The number of nitrogens with zero attached hydrogens (tertiary/aromatic N) is 3. The Balaban J connectivity index is 1.99. The van der Waals surface area contributed by atoms with E-state index in [9.17, 15) is 0 Å². The van der Waals surface area contributed by atoms with Gasteiger partial charge in [-0.15, -0.1) is 0 Å². The van der Waals surface area contributed by atoms with Crippen molar-refractivity contribution in [3.8, 4) is 6.01 Å². The molecule has 1 aliphatic rings. The highest BCUT2D eigenvalue weighted by molar-refractivity contribution is 7.99. The number of hydrogen-bond donors (Lipinski definition) is 2. The predicted molar refractivity (Wildman–Crippen MR) is 74.0 cm³/mol. The van der Waals surface area contributed by atoms with E-state index in [-0.39, 0.29) is 5.95 Å². The molecule has 0 aromatic carbocycles. The largest absolute Gasteiger partial charge is 0.463 e. The number of anilines is 2. The molecule has 0 spiro atoms. The number of thioether (sulfide) groups is 1. The van der Waals surface area contributed by atoms with Gasteiger partial charge in [-0.2, -0.15) is 26.7 Å². The van der Waals surface area contributed by atoms with Crippen molar-refractivity contribution in [2.45, 2.75) is 32.2 Å². The van der Waals surface area contributed by atoms with Gasteiger partial charge in [-0.1, -0.05) is 6.92 Å². The van der Waals surface area contributed by atoms with Crippen LogP contribution < -0.4 is 15.8 Å². The van der Waals surface area contributed by atoms with Crippen LogP contribution in [-0.4, -0.2) is 39.1 Å². The second kappa shape index (κ2) is 6.63. The van der Waals surface area contributed by atoms with Crippen molar-refractivity contribution < 1.29 is 4.74 Å². The van der Waals surface area contributed by atoms with E-state index in [1.807, 2.05) is 18.7 Å². The van der Waals surface area contributed by atoms with E-state index in [4.69, 9.17) is 10.5 Å². The summed E-state index contributed by atoms with van der Waals surface area (Å²) in [5.74, 6) is 3.03. The van der Waals surface area contributed by atoms with Gasteiger partial charge in [0.05, 0.1) is 6.61 Å². The highest BCUT2D eigenvalue weighted by Crippen LogP contribution is 2.20. The fourth-order valence-corrected chi connectivity index (χ4v) is 2.80. The van der Waals surface area contributed by atoms with Crippen LogP contribution in [0.4, 0.5) is 11.9 Å². The van der Waals surface area contributed by atoms with Crippen LogP contribution in [-0.2, 0) is 0 Å². The number of aromatic nitrogens is 3. The highest BCUT2D eigenvalue weighted by atomic mass is 32.2. The Morgan fingerprint density at radius 3 is 3.06 bits per heavy atom. The SMILES string of the molecule is CCCOc1nc(N)nc(NC2CCCSC2)n1. The van der Waals surface area contributed by atoms with Crippen LogP contribution in [0, 0.1) is 0 Å². The van der Waals surface area contributed by atoms with Crippen molar-refractivity contribution in [3.63, 3.8) is 0 Å². The van der Waals surface area contributed by atoms with E-state index in [0.29, 0.717) is 24.6 Å². The van der Waals surface area contributed by atoms with Crippen molar-refractivity contribution in [1.82, 2.24) is 15.0 Å². The lowest BCUT2D eigenvalue weighted by atomic mass is 10.2. The van der Waals surface area contributed by atoms with Crippen LogP contribution in [0.1, 0.15) is 26.2 Å². The lowest BCUT2D eigenvalue weighted by Gasteiger charge is -2.22. The molecule has 1 fully saturated rings. The monoisotopic (exact) mass is 269 g/mol. The second-order valence-electron chi connectivity index (χ2n) is 4.21. The van der Waals surface area contributed by atoms with Gasteiger partial charge in [0, 0.05) is 11.8 Å². The standard InChI is InChI=1S/C11H19N5OS/c1-2-5-17-11-15-9(12)14-10(16-11)13-8-4-3-6-18-7-8/h8H,2-7H2,1H3,(H3,12,13,14,15,16). The van der Waals surface area contributed by atoms with E-state index in [2.05, 4.69) is 20.3 Å². The molecule has 0 aliphatic carbocycles. The minimum Gasteiger partial charge on any atom is -0.463 e. The van der Waals surface area contributed by atoms with Crippen LogP contribution in [0.25, 0.3) is 0 Å². The van der Waals surface area contributed by atoms with Gasteiger partial charge < -0.3 is 15.8 Å². The summed E-state index contributed by atoms with van der Waals surface area (Å²) in [5.41, 5.74) is 5.65. The van der Waals surface area contributed by atoms with E-state index in [1.165, 1.54) is 12.2 Å². The minimum absolute atomic E-state index is 0.196. The first-order valence-corrected chi connectivity index (χ1v) is 7.42. The summed E-state index contributed by atoms with van der Waals surface area (Å²) in [7, 11) is 0. The first-order valence-electron chi connectivity index (χ1n) is 6.26. The maximum atomic E-state index is 5.65. The Hall–Kier alpha value is -1.24. The topological polar surface area (TPSA) is 86.0 Å². The molecule has 3 N–H and O–H groups in total. The van der Waals surface area contributed by atoms with E-state index in [1.54, 1.807) is 0 Å². The Labute approximate surface area is 111 Å². The zero-order valence-corrected chi connectivity index (χ0v) is 11.4. The number of ether oxygens (including phenoxy) is 1. The Kier molecular flexibility index (Phi) is 4.86. The molecule has 100 valence electrons. The lowest BCUT2D eigenvalue weighted by molar-refractivity contribution is 0.292. The highest BCUT2D eigenvalue weighted by Gasteiger charge is 2.15. The normalized spacial score (nSPS) is 19.5. The molecule has 0 radical (unpaired) electrons. The minimum atomic E-state index is 0.196. The van der Waals surface area contributed by atoms with Crippen LogP contribution >= 0.6 is 11.8 Å². The number of nitrogens with one attached hydrogen (secondary N) is 1. The van der Waals surface area contributed by atoms with Crippen LogP contribution in [0.5, 0.6) is 6.01 Å². The van der Waals surface area contributed by atoms with Gasteiger partial charge >= 0.3 is 6.01 Å². The summed E-state index contributed by atoms with van der Waals surface area (Å²) in [5, 5.41) is 3.30. The molecule has 1 atom stereocenters. The third-order valence-electron chi connectivity index (χ3n) is 2.56. The zero-order chi connectivity index (χ0) is 12.8. The molecule has 7 heteroatoms. The van der Waals surface area contributed by atoms with Gasteiger partial charge in [-0.05, 0) is 25.0 Å². The van der Waals surface area contributed by atoms with Crippen molar-refractivity contribution in [3.05, 3.63) is 0 Å². The van der Waals surface area contributed by atoms with Gasteiger partial charge in [-0.25, -0.2) is 0 Å². The van der Waals surface area contributed by atoms with Crippen molar-refractivity contribution in [1.29, 1.82) is 0 Å². The second-order valence-corrected chi connectivity index (χ2v) is 5.36. The van der Waals surface area contributed by atoms with Crippen LogP contribution in [0.15, 0.2) is 0 Å². The smallest absolute Gasteiger partial charge is 0.323 e. The molecular weight excluding hydrogens is 250 g/mol. The summed E-state index contributed by atoms with van der Waals surface area (Å²) in [6.45, 7) is 2.62. The molecule has 1 aromatic heterocycles. The summed E-state index contributed by atoms with van der Waals surface area (Å²) >= 11 is 1.95. The lowest BCUT2D eigenvalue weighted by Crippen LogP contribution is -2.27. The molecule has 0 bridgehead atoms. The van der Waals surface area contributed by atoms with Crippen molar-refractivity contribution in [2.24, 2.45) is 0 Å². The molecule has 2 rings (SSSR count). The van der Waals surface area contributed by atoms with Gasteiger partial charge in [0.25, 0.3) is 0 Å². The quantitative estimate of drug-likeness (QED) is 0.838. The zero-order valence-electron chi connectivity index (χ0n) is 10.6. The first-order chi connectivity index (χ1) is 8.78. The Morgan fingerprint density at radius 2 is 2.33 bits per heavy atom.